The number of aliphatic imine (C=N–C) groups is 2. The summed E-state index contributed by atoms with van der Waals surface area (Å²) >= 11 is 1.66. The molecule has 0 saturated carbocycles. The number of nitrogens with zero attached hydrogens (tertiary/aromatic N) is 2. The molecule has 1 heterocycles. The van der Waals surface area contributed by atoms with Gasteiger partial charge in [0.15, 0.2) is 5.84 Å². The third-order valence-electron chi connectivity index (χ3n) is 4.30. The topological polar surface area (TPSA) is 98.3 Å². The van der Waals surface area contributed by atoms with Crippen LogP contribution >= 0.6 is 11.8 Å². The molecule has 0 radical (unpaired) electrons. The molecule has 1 saturated heterocycles. The van der Waals surface area contributed by atoms with E-state index in [9.17, 15) is 4.79 Å². The van der Waals surface area contributed by atoms with Crippen LogP contribution in [0.1, 0.15) is 39.2 Å². The van der Waals surface area contributed by atoms with Crippen molar-refractivity contribution in [3.05, 3.63) is 29.8 Å². The normalized spacial score (nSPS) is 16.7. The first kappa shape index (κ1) is 22.2. The molecular weight excluding hydrogens is 376 g/mol. The van der Waals surface area contributed by atoms with E-state index in [1.165, 1.54) is 0 Å². The molecule has 0 atom stereocenters. The van der Waals surface area contributed by atoms with E-state index >= 15 is 0 Å². The molecule has 0 bridgehead atoms. The van der Waals surface area contributed by atoms with E-state index in [2.05, 4.69) is 15.3 Å². The summed E-state index contributed by atoms with van der Waals surface area (Å²) in [6.07, 6.45) is 1.91. The SMILES string of the molecule is CCN=C(N=C(N)NC(=O)C(C)(C)SC1CCOCC1)c1ccc(OC)cc1. The fourth-order valence-electron chi connectivity index (χ4n) is 2.75. The van der Waals surface area contributed by atoms with Gasteiger partial charge in [-0.25, -0.2) is 0 Å². The Balaban J connectivity index is 2.06. The van der Waals surface area contributed by atoms with Crippen LogP contribution in [0.3, 0.4) is 0 Å². The number of amidine groups is 1. The van der Waals surface area contributed by atoms with Crippen molar-refractivity contribution in [2.45, 2.75) is 43.6 Å². The molecule has 1 aromatic rings. The van der Waals surface area contributed by atoms with Crippen LogP contribution in [0, 0.1) is 0 Å². The van der Waals surface area contributed by atoms with Crippen molar-refractivity contribution in [2.24, 2.45) is 15.7 Å². The number of carbonyl (C=O) groups excluding carboxylic acids is 1. The lowest BCUT2D eigenvalue weighted by atomic mass is 10.2. The Kier molecular flexibility index (Phi) is 8.32. The number of hydrogen-bond donors (Lipinski definition) is 2. The number of nitrogens with two attached hydrogens (primary N) is 1. The third-order valence-corrected chi connectivity index (χ3v) is 5.88. The molecule has 28 heavy (non-hydrogen) atoms. The van der Waals surface area contributed by atoms with E-state index in [0.29, 0.717) is 17.6 Å². The first-order chi connectivity index (χ1) is 13.4. The maximum Gasteiger partial charge on any atom is 0.242 e. The van der Waals surface area contributed by atoms with Gasteiger partial charge in [0.1, 0.15) is 5.75 Å². The summed E-state index contributed by atoms with van der Waals surface area (Å²) in [5, 5.41) is 3.13. The Morgan fingerprint density at radius 3 is 2.54 bits per heavy atom. The molecular formula is C20H30N4O3S. The molecule has 2 rings (SSSR count). The molecule has 1 aliphatic rings. The van der Waals surface area contributed by atoms with Gasteiger partial charge in [0, 0.05) is 30.6 Å². The summed E-state index contributed by atoms with van der Waals surface area (Å²) in [6, 6.07) is 7.38. The Bertz CT molecular complexity index is 711. The van der Waals surface area contributed by atoms with Crippen LogP contribution in [0.15, 0.2) is 34.3 Å². The van der Waals surface area contributed by atoms with Gasteiger partial charge in [-0.15, -0.1) is 11.8 Å². The first-order valence-corrected chi connectivity index (χ1v) is 10.3. The molecule has 0 aromatic heterocycles. The second-order valence-corrected chi connectivity index (χ2v) is 8.84. The van der Waals surface area contributed by atoms with Crippen LogP contribution < -0.4 is 15.8 Å². The van der Waals surface area contributed by atoms with Crippen LogP contribution in [0.4, 0.5) is 0 Å². The van der Waals surface area contributed by atoms with Crippen LogP contribution in [-0.4, -0.2) is 54.6 Å². The smallest absolute Gasteiger partial charge is 0.242 e. The number of thioether (sulfide) groups is 1. The monoisotopic (exact) mass is 406 g/mol. The minimum absolute atomic E-state index is 0.0358. The zero-order chi connectivity index (χ0) is 20.6. The molecule has 154 valence electrons. The number of methoxy groups -OCH3 is 1. The van der Waals surface area contributed by atoms with E-state index in [0.717, 1.165) is 37.4 Å². The van der Waals surface area contributed by atoms with E-state index in [1.807, 2.05) is 45.0 Å². The Morgan fingerprint density at radius 1 is 1.32 bits per heavy atom. The van der Waals surface area contributed by atoms with Gasteiger partial charge in [-0.1, -0.05) is 0 Å². The molecule has 1 aliphatic heterocycles. The fraction of sp³-hybridized carbons (Fsp3) is 0.550. The molecule has 0 spiro atoms. The largest absolute Gasteiger partial charge is 0.497 e. The van der Waals surface area contributed by atoms with Crippen molar-refractivity contribution in [1.29, 1.82) is 0 Å². The molecule has 0 unspecified atom stereocenters. The van der Waals surface area contributed by atoms with Crippen molar-refractivity contribution in [3.63, 3.8) is 0 Å². The Morgan fingerprint density at radius 2 is 1.96 bits per heavy atom. The number of benzene rings is 1. The van der Waals surface area contributed by atoms with Gasteiger partial charge in [-0.3, -0.25) is 15.1 Å². The number of rotatable bonds is 6. The summed E-state index contributed by atoms with van der Waals surface area (Å²) < 4.78 is 9.94. The highest BCUT2D eigenvalue weighted by Crippen LogP contribution is 2.33. The average Bonchev–Trinajstić information content (AvgIpc) is 2.68. The van der Waals surface area contributed by atoms with Crippen LogP contribution in [-0.2, 0) is 9.53 Å². The van der Waals surface area contributed by atoms with Crippen molar-refractivity contribution in [1.82, 2.24) is 5.32 Å². The average molecular weight is 407 g/mol. The lowest BCUT2D eigenvalue weighted by Gasteiger charge is -2.30. The highest BCUT2D eigenvalue weighted by molar-refractivity contribution is 8.01. The van der Waals surface area contributed by atoms with Gasteiger partial charge in [0.05, 0.1) is 11.9 Å². The van der Waals surface area contributed by atoms with Crippen molar-refractivity contribution in [2.75, 3.05) is 26.9 Å². The molecule has 1 aromatic carbocycles. The second-order valence-electron chi connectivity index (χ2n) is 6.92. The number of amides is 1. The maximum absolute atomic E-state index is 12.7. The lowest BCUT2D eigenvalue weighted by Crippen LogP contribution is -2.47. The van der Waals surface area contributed by atoms with Gasteiger partial charge in [0.25, 0.3) is 0 Å². The molecule has 1 amide bonds. The summed E-state index contributed by atoms with van der Waals surface area (Å²) in [4.78, 5) is 21.5. The van der Waals surface area contributed by atoms with Gasteiger partial charge >= 0.3 is 0 Å². The van der Waals surface area contributed by atoms with Gasteiger partial charge in [-0.2, -0.15) is 4.99 Å². The van der Waals surface area contributed by atoms with Crippen LogP contribution in [0.25, 0.3) is 0 Å². The third kappa shape index (κ3) is 6.53. The van der Waals surface area contributed by atoms with E-state index < -0.39 is 4.75 Å². The van der Waals surface area contributed by atoms with Gasteiger partial charge in [0.2, 0.25) is 11.9 Å². The highest BCUT2D eigenvalue weighted by Gasteiger charge is 2.32. The Hall–Kier alpha value is -2.06. The first-order valence-electron chi connectivity index (χ1n) is 9.45. The van der Waals surface area contributed by atoms with Gasteiger partial charge in [-0.05, 0) is 57.9 Å². The molecule has 3 N–H and O–H groups in total. The predicted octanol–water partition coefficient (Wildman–Crippen LogP) is 2.58. The van der Waals surface area contributed by atoms with E-state index in [-0.39, 0.29) is 11.9 Å². The summed E-state index contributed by atoms with van der Waals surface area (Å²) in [5.41, 5.74) is 6.81. The number of guanidine groups is 1. The minimum Gasteiger partial charge on any atom is -0.497 e. The Labute approximate surface area is 171 Å². The lowest BCUT2D eigenvalue weighted by molar-refractivity contribution is -0.121. The molecule has 8 heteroatoms. The van der Waals surface area contributed by atoms with Gasteiger partial charge < -0.3 is 15.2 Å². The second kappa shape index (κ2) is 10.5. The molecule has 1 fully saturated rings. The van der Waals surface area contributed by atoms with E-state index in [1.54, 1.807) is 18.9 Å². The number of ether oxygens (including phenoxy) is 2. The van der Waals surface area contributed by atoms with Crippen molar-refractivity contribution < 1.29 is 14.3 Å². The molecule has 7 nitrogen and oxygen atoms in total. The highest BCUT2D eigenvalue weighted by atomic mass is 32.2. The van der Waals surface area contributed by atoms with E-state index in [4.69, 9.17) is 15.2 Å². The van der Waals surface area contributed by atoms with Crippen LogP contribution in [0.2, 0.25) is 0 Å². The van der Waals surface area contributed by atoms with Crippen molar-refractivity contribution >= 4 is 29.5 Å². The number of hydrogen-bond acceptors (Lipinski definition) is 5. The maximum atomic E-state index is 12.7. The summed E-state index contributed by atoms with van der Waals surface area (Å²) in [7, 11) is 1.61. The minimum atomic E-state index is -0.621. The fourth-order valence-corrected chi connectivity index (χ4v) is 4.17. The van der Waals surface area contributed by atoms with Crippen molar-refractivity contribution in [3.8, 4) is 5.75 Å². The zero-order valence-corrected chi connectivity index (χ0v) is 17.8. The quantitative estimate of drug-likeness (QED) is 0.559. The van der Waals surface area contributed by atoms with Crippen LogP contribution in [0.5, 0.6) is 5.75 Å². The predicted molar refractivity (Wildman–Crippen MR) is 115 cm³/mol. The number of nitrogens with one attached hydrogen (secondary N) is 1. The summed E-state index contributed by atoms with van der Waals surface area (Å²) in [5.74, 6) is 1.08. The zero-order valence-electron chi connectivity index (χ0n) is 17.0. The number of carbonyl (C=O) groups is 1. The summed E-state index contributed by atoms with van der Waals surface area (Å²) in [6.45, 7) is 7.77. The standard InChI is InChI=1S/C20H30N4O3S/c1-5-22-17(14-6-8-15(26-4)9-7-14)23-19(21)24-18(25)20(2,3)28-16-10-12-27-13-11-16/h6-9,16H,5,10-13H2,1-4H3,(H3,21,22,23,24,25). The molecule has 0 aliphatic carbocycles.